The van der Waals surface area contributed by atoms with Gasteiger partial charge in [0.25, 0.3) is 0 Å². The van der Waals surface area contributed by atoms with Gasteiger partial charge in [0.2, 0.25) is 0 Å². The Balaban J connectivity index is 2.35. The summed E-state index contributed by atoms with van der Waals surface area (Å²) >= 11 is 0. The molecular weight excluding hydrogens is 228 g/mol. The summed E-state index contributed by atoms with van der Waals surface area (Å²) in [5.41, 5.74) is 1.29. The first-order chi connectivity index (χ1) is 8.81. The lowest BCUT2D eigenvalue weighted by Crippen LogP contribution is -2.04. The summed E-state index contributed by atoms with van der Waals surface area (Å²) in [4.78, 5) is 11.9. The van der Waals surface area contributed by atoms with Gasteiger partial charge < -0.3 is 9.15 Å². The second-order valence-electron chi connectivity index (χ2n) is 4.03. The topological polar surface area (TPSA) is 39.4 Å². The number of benzene rings is 2. The minimum absolute atomic E-state index is 0.311. The van der Waals surface area contributed by atoms with Crippen LogP contribution >= 0.6 is 0 Å². The van der Waals surface area contributed by atoms with Crippen molar-refractivity contribution in [3.05, 3.63) is 48.2 Å². The number of furan rings is 1. The molecule has 0 amide bonds. The van der Waals surface area contributed by atoms with Crippen LogP contribution in [0.15, 0.2) is 47.1 Å². The lowest BCUT2D eigenvalue weighted by molar-refractivity contribution is 0.0529. The van der Waals surface area contributed by atoms with Gasteiger partial charge in [0.15, 0.2) is 0 Å². The maximum absolute atomic E-state index is 11.9. The Labute approximate surface area is 104 Å². The first-order valence-electron chi connectivity index (χ1n) is 5.87. The molecule has 18 heavy (non-hydrogen) atoms. The van der Waals surface area contributed by atoms with Crippen molar-refractivity contribution in [2.24, 2.45) is 0 Å². The molecule has 0 unspecified atom stereocenters. The van der Waals surface area contributed by atoms with Gasteiger partial charge in [-0.2, -0.15) is 0 Å². The Kier molecular flexibility index (Phi) is 2.52. The van der Waals surface area contributed by atoms with E-state index in [1.54, 1.807) is 19.3 Å². The molecule has 0 aliphatic rings. The molecule has 3 aromatic rings. The van der Waals surface area contributed by atoms with Gasteiger partial charge in [-0.05, 0) is 24.4 Å². The zero-order valence-corrected chi connectivity index (χ0v) is 9.97. The van der Waals surface area contributed by atoms with Crippen LogP contribution in [0, 0.1) is 0 Å². The van der Waals surface area contributed by atoms with Crippen LogP contribution in [0.2, 0.25) is 0 Å². The molecule has 1 aromatic heterocycles. The normalized spacial score (nSPS) is 10.9. The molecule has 0 N–H and O–H groups in total. The number of carbonyl (C=O) groups excluding carboxylic acids is 1. The highest BCUT2D eigenvalue weighted by Crippen LogP contribution is 2.29. The highest BCUT2D eigenvalue weighted by molar-refractivity contribution is 6.13. The van der Waals surface area contributed by atoms with E-state index in [4.69, 9.17) is 9.15 Å². The predicted molar refractivity (Wildman–Crippen MR) is 69.7 cm³/mol. The molecule has 0 aliphatic carbocycles. The molecule has 0 spiro atoms. The Morgan fingerprint density at radius 3 is 2.89 bits per heavy atom. The van der Waals surface area contributed by atoms with E-state index in [9.17, 15) is 4.79 Å². The van der Waals surface area contributed by atoms with Crippen LogP contribution < -0.4 is 0 Å². The zero-order valence-electron chi connectivity index (χ0n) is 9.97. The maximum atomic E-state index is 11.9. The van der Waals surface area contributed by atoms with E-state index in [-0.39, 0.29) is 5.97 Å². The predicted octanol–water partition coefficient (Wildman–Crippen LogP) is 3.76. The molecule has 1 heterocycles. The van der Waals surface area contributed by atoms with Crippen LogP contribution in [0.5, 0.6) is 0 Å². The molecule has 0 saturated heterocycles. The van der Waals surface area contributed by atoms with Gasteiger partial charge in [-0.15, -0.1) is 0 Å². The van der Waals surface area contributed by atoms with Crippen molar-refractivity contribution in [1.29, 1.82) is 0 Å². The van der Waals surface area contributed by atoms with Crippen LogP contribution in [0.4, 0.5) is 0 Å². The van der Waals surface area contributed by atoms with Gasteiger partial charge >= 0.3 is 5.97 Å². The van der Waals surface area contributed by atoms with E-state index in [1.807, 2.05) is 30.3 Å². The lowest BCUT2D eigenvalue weighted by atomic mass is 10.0. The zero-order chi connectivity index (χ0) is 12.5. The third-order valence-electron chi connectivity index (χ3n) is 2.96. The minimum Gasteiger partial charge on any atom is -0.464 e. The second kappa shape index (κ2) is 4.18. The van der Waals surface area contributed by atoms with Gasteiger partial charge in [-0.3, -0.25) is 0 Å². The molecule has 0 fully saturated rings. The largest absolute Gasteiger partial charge is 0.464 e. The van der Waals surface area contributed by atoms with Crippen molar-refractivity contribution in [1.82, 2.24) is 0 Å². The third-order valence-corrected chi connectivity index (χ3v) is 2.96. The molecule has 3 rings (SSSR count). The minimum atomic E-state index is -0.311. The lowest BCUT2D eigenvalue weighted by Gasteiger charge is -2.05. The van der Waals surface area contributed by atoms with Crippen molar-refractivity contribution >= 4 is 27.7 Å². The number of esters is 1. The molecule has 2 aromatic carbocycles. The average molecular weight is 240 g/mol. The number of carbonyl (C=O) groups is 1. The Morgan fingerprint density at radius 2 is 2.06 bits per heavy atom. The summed E-state index contributed by atoms with van der Waals surface area (Å²) in [6, 6.07) is 11.5. The van der Waals surface area contributed by atoms with E-state index < -0.39 is 0 Å². The summed E-state index contributed by atoms with van der Waals surface area (Å²) in [6.07, 6.45) is 1.60. The highest BCUT2D eigenvalue weighted by atomic mass is 16.5. The van der Waals surface area contributed by atoms with Gasteiger partial charge in [0.1, 0.15) is 5.58 Å². The van der Waals surface area contributed by atoms with Crippen molar-refractivity contribution in [2.45, 2.75) is 6.92 Å². The summed E-state index contributed by atoms with van der Waals surface area (Å²) in [6.45, 7) is 2.16. The number of rotatable bonds is 2. The second-order valence-corrected chi connectivity index (χ2v) is 4.03. The van der Waals surface area contributed by atoms with Gasteiger partial charge in [-0.1, -0.05) is 24.3 Å². The standard InChI is InChI=1S/C15H12O3/c1-2-17-15(16)13-9-10-5-3-4-6-11(10)14-12(13)7-8-18-14/h3-9H,2H2,1H3. The fourth-order valence-corrected chi connectivity index (χ4v) is 2.17. The SMILES string of the molecule is CCOC(=O)c1cc2ccccc2c2occc12. The summed E-state index contributed by atoms with van der Waals surface area (Å²) < 4.78 is 10.6. The first kappa shape index (κ1) is 10.8. The molecule has 0 radical (unpaired) electrons. The molecule has 0 saturated carbocycles. The van der Waals surface area contributed by atoms with Crippen molar-refractivity contribution < 1.29 is 13.9 Å². The number of hydrogen-bond donors (Lipinski definition) is 0. The van der Waals surface area contributed by atoms with Crippen LogP contribution in [-0.4, -0.2) is 12.6 Å². The molecular formula is C15H12O3. The average Bonchev–Trinajstić information content (AvgIpc) is 2.87. The Morgan fingerprint density at radius 1 is 1.22 bits per heavy atom. The molecule has 0 atom stereocenters. The summed E-state index contributed by atoms with van der Waals surface area (Å²) in [7, 11) is 0. The van der Waals surface area contributed by atoms with Crippen molar-refractivity contribution in [2.75, 3.05) is 6.61 Å². The quantitative estimate of drug-likeness (QED) is 0.640. The summed E-state index contributed by atoms with van der Waals surface area (Å²) in [5, 5.41) is 2.78. The number of hydrogen-bond acceptors (Lipinski definition) is 3. The maximum Gasteiger partial charge on any atom is 0.338 e. The van der Waals surface area contributed by atoms with E-state index in [1.165, 1.54) is 0 Å². The Bertz CT molecular complexity index is 725. The summed E-state index contributed by atoms with van der Waals surface area (Å²) in [5.74, 6) is -0.311. The third kappa shape index (κ3) is 1.56. The molecule has 0 aliphatic heterocycles. The molecule has 3 nitrogen and oxygen atoms in total. The number of fused-ring (bicyclic) bond motifs is 3. The van der Waals surface area contributed by atoms with Crippen LogP contribution in [-0.2, 0) is 4.74 Å². The smallest absolute Gasteiger partial charge is 0.338 e. The van der Waals surface area contributed by atoms with Crippen LogP contribution in [0.1, 0.15) is 17.3 Å². The van der Waals surface area contributed by atoms with Crippen LogP contribution in [0.3, 0.4) is 0 Å². The van der Waals surface area contributed by atoms with E-state index >= 15 is 0 Å². The molecule has 90 valence electrons. The fourth-order valence-electron chi connectivity index (χ4n) is 2.17. The van der Waals surface area contributed by atoms with E-state index in [0.717, 1.165) is 21.7 Å². The Hall–Kier alpha value is -2.29. The van der Waals surface area contributed by atoms with Gasteiger partial charge in [0, 0.05) is 10.8 Å². The molecule has 0 bridgehead atoms. The van der Waals surface area contributed by atoms with E-state index in [2.05, 4.69) is 0 Å². The molecule has 3 heteroatoms. The monoisotopic (exact) mass is 240 g/mol. The van der Waals surface area contributed by atoms with Crippen LogP contribution in [0.25, 0.3) is 21.7 Å². The van der Waals surface area contributed by atoms with Crippen molar-refractivity contribution in [3.63, 3.8) is 0 Å². The number of ether oxygens (including phenoxy) is 1. The first-order valence-corrected chi connectivity index (χ1v) is 5.87. The highest BCUT2D eigenvalue weighted by Gasteiger charge is 2.15. The van der Waals surface area contributed by atoms with Crippen molar-refractivity contribution in [3.8, 4) is 0 Å². The van der Waals surface area contributed by atoms with E-state index in [0.29, 0.717) is 12.2 Å². The van der Waals surface area contributed by atoms with Gasteiger partial charge in [0.05, 0.1) is 18.4 Å². The fraction of sp³-hybridized carbons (Fsp3) is 0.133. The van der Waals surface area contributed by atoms with Gasteiger partial charge in [-0.25, -0.2) is 4.79 Å².